The summed E-state index contributed by atoms with van der Waals surface area (Å²) in [5.41, 5.74) is 3.39. The monoisotopic (exact) mass is 332 g/mol. The van der Waals surface area contributed by atoms with Gasteiger partial charge in [-0.05, 0) is 93.5 Å². The molecule has 0 saturated heterocycles. The molecule has 3 atom stereocenters. The van der Waals surface area contributed by atoms with E-state index in [9.17, 15) is 4.79 Å². The van der Waals surface area contributed by atoms with Crippen LogP contribution in [0.25, 0.3) is 0 Å². The second-order valence-electron chi connectivity index (χ2n) is 10.1. The van der Waals surface area contributed by atoms with Gasteiger partial charge in [-0.3, -0.25) is 4.79 Å². The zero-order chi connectivity index (χ0) is 16.7. The summed E-state index contributed by atoms with van der Waals surface area (Å²) in [5, 5.41) is 0. The average Bonchev–Trinajstić information content (AvgIpc) is 3.12. The standard InChI is InChI=1S/C20H32O2Si/c1-14-15(7-6-8-16(14)21)20(22-23(3,4)5)13-18(2)9-10-19(11-12-19)17(18)20/h17H,6-13H2,1-5H3/t17-,18+,20+/m1/s1. The number of fused-ring (bicyclic) bond motifs is 2. The van der Waals surface area contributed by atoms with E-state index in [0.717, 1.165) is 31.3 Å². The first-order valence-corrected chi connectivity index (χ1v) is 13.0. The average molecular weight is 333 g/mol. The van der Waals surface area contributed by atoms with Crippen molar-refractivity contribution in [2.75, 3.05) is 0 Å². The molecule has 4 rings (SSSR count). The van der Waals surface area contributed by atoms with Crippen molar-refractivity contribution in [2.45, 2.75) is 90.5 Å². The quantitative estimate of drug-likeness (QED) is 0.660. The van der Waals surface area contributed by atoms with Crippen molar-refractivity contribution in [2.24, 2.45) is 16.7 Å². The number of carbonyl (C=O) groups excluding carboxylic acids is 1. The van der Waals surface area contributed by atoms with E-state index in [1.54, 1.807) is 0 Å². The molecule has 0 amide bonds. The lowest BCUT2D eigenvalue weighted by Gasteiger charge is -2.64. The van der Waals surface area contributed by atoms with Crippen LogP contribution in [0.2, 0.25) is 19.6 Å². The van der Waals surface area contributed by atoms with Gasteiger partial charge in [-0.2, -0.15) is 0 Å². The van der Waals surface area contributed by atoms with Crippen molar-refractivity contribution in [1.29, 1.82) is 0 Å². The Morgan fingerprint density at radius 2 is 1.74 bits per heavy atom. The van der Waals surface area contributed by atoms with Gasteiger partial charge in [0.2, 0.25) is 0 Å². The molecule has 3 heteroatoms. The number of rotatable bonds is 3. The third-order valence-corrected chi connectivity index (χ3v) is 8.21. The maximum atomic E-state index is 12.4. The minimum atomic E-state index is -1.67. The van der Waals surface area contributed by atoms with Crippen LogP contribution in [0.15, 0.2) is 11.1 Å². The second-order valence-corrected chi connectivity index (χ2v) is 14.5. The van der Waals surface area contributed by atoms with E-state index in [4.69, 9.17) is 4.43 Å². The first-order valence-electron chi connectivity index (χ1n) is 9.56. The third-order valence-electron chi connectivity index (χ3n) is 7.23. The summed E-state index contributed by atoms with van der Waals surface area (Å²) >= 11 is 0. The number of carbonyl (C=O) groups is 1. The fourth-order valence-electron chi connectivity index (χ4n) is 6.56. The number of Topliss-reactive ketones (excluding diaryl/α,β-unsaturated/α-hetero) is 1. The van der Waals surface area contributed by atoms with Gasteiger partial charge < -0.3 is 4.43 Å². The largest absolute Gasteiger partial charge is 0.408 e. The molecule has 3 fully saturated rings. The highest BCUT2D eigenvalue weighted by atomic mass is 28.4. The molecule has 4 aliphatic rings. The fourth-order valence-corrected chi connectivity index (χ4v) is 7.97. The molecular formula is C20H32O2Si. The second kappa shape index (κ2) is 4.60. The van der Waals surface area contributed by atoms with E-state index >= 15 is 0 Å². The Kier molecular flexibility index (Phi) is 3.22. The molecule has 0 heterocycles. The molecule has 4 aliphatic carbocycles. The molecule has 2 nitrogen and oxygen atoms in total. The molecule has 3 saturated carbocycles. The molecule has 1 spiro atoms. The highest BCUT2D eigenvalue weighted by molar-refractivity contribution is 6.69. The van der Waals surface area contributed by atoms with Crippen molar-refractivity contribution < 1.29 is 9.22 Å². The molecule has 0 aromatic carbocycles. The van der Waals surface area contributed by atoms with E-state index in [1.807, 2.05) is 0 Å². The Balaban J connectivity index is 1.81. The Bertz CT molecular complexity index is 589. The van der Waals surface area contributed by atoms with Crippen molar-refractivity contribution in [3.8, 4) is 0 Å². The maximum absolute atomic E-state index is 12.4. The highest BCUT2D eigenvalue weighted by Crippen LogP contribution is 2.79. The van der Waals surface area contributed by atoms with Crippen LogP contribution in [0, 0.1) is 16.7 Å². The van der Waals surface area contributed by atoms with Crippen LogP contribution in [0.5, 0.6) is 0 Å². The van der Waals surface area contributed by atoms with Gasteiger partial charge >= 0.3 is 0 Å². The van der Waals surface area contributed by atoms with Gasteiger partial charge in [-0.1, -0.05) is 6.92 Å². The van der Waals surface area contributed by atoms with Crippen LogP contribution in [-0.2, 0) is 9.22 Å². The first-order chi connectivity index (χ1) is 10.6. The molecule has 0 unspecified atom stereocenters. The fraction of sp³-hybridized carbons (Fsp3) is 0.850. The summed E-state index contributed by atoms with van der Waals surface area (Å²) in [7, 11) is -1.67. The predicted octanol–water partition coefficient (Wildman–Crippen LogP) is 5.25. The van der Waals surface area contributed by atoms with Gasteiger partial charge in [0.05, 0.1) is 5.60 Å². The van der Waals surface area contributed by atoms with E-state index in [0.29, 0.717) is 22.5 Å². The number of allylic oxidation sites excluding steroid dienone is 1. The maximum Gasteiger partial charge on any atom is 0.184 e. The van der Waals surface area contributed by atoms with Gasteiger partial charge in [0.15, 0.2) is 14.1 Å². The van der Waals surface area contributed by atoms with E-state index in [1.165, 1.54) is 31.3 Å². The molecular weight excluding hydrogens is 300 g/mol. The molecule has 0 radical (unpaired) electrons. The van der Waals surface area contributed by atoms with Gasteiger partial charge in [-0.25, -0.2) is 0 Å². The number of hydrogen-bond donors (Lipinski definition) is 0. The summed E-state index contributed by atoms with van der Waals surface area (Å²) in [6.45, 7) is 11.5. The van der Waals surface area contributed by atoms with Crippen molar-refractivity contribution >= 4 is 14.1 Å². The molecule has 0 aromatic heterocycles. The van der Waals surface area contributed by atoms with Crippen molar-refractivity contribution in [3.05, 3.63) is 11.1 Å². The van der Waals surface area contributed by atoms with Crippen LogP contribution in [0.3, 0.4) is 0 Å². The van der Waals surface area contributed by atoms with Crippen LogP contribution in [0.4, 0.5) is 0 Å². The van der Waals surface area contributed by atoms with Crippen LogP contribution < -0.4 is 0 Å². The lowest BCUT2D eigenvalue weighted by Crippen LogP contribution is -2.65. The minimum absolute atomic E-state index is 0.0909. The molecule has 128 valence electrons. The lowest BCUT2D eigenvalue weighted by atomic mass is 9.47. The van der Waals surface area contributed by atoms with Crippen LogP contribution in [0.1, 0.15) is 65.2 Å². The third kappa shape index (κ3) is 2.18. The molecule has 0 N–H and O–H groups in total. The summed E-state index contributed by atoms with van der Waals surface area (Å²) in [6.07, 6.45) is 9.57. The van der Waals surface area contributed by atoms with E-state index < -0.39 is 8.32 Å². The summed E-state index contributed by atoms with van der Waals surface area (Å²) in [4.78, 5) is 12.4. The van der Waals surface area contributed by atoms with Gasteiger partial charge in [0.1, 0.15) is 0 Å². The SMILES string of the molecule is CC1=C([C@@]2(O[Si](C)(C)C)C[C@]3(C)CCC4(CC4)[C@@H]32)CCCC1=O. The minimum Gasteiger partial charge on any atom is -0.408 e. The van der Waals surface area contributed by atoms with E-state index in [-0.39, 0.29) is 5.60 Å². The van der Waals surface area contributed by atoms with Gasteiger partial charge in [-0.15, -0.1) is 0 Å². The zero-order valence-corrected chi connectivity index (χ0v) is 16.6. The summed E-state index contributed by atoms with van der Waals surface area (Å²) < 4.78 is 7.00. The zero-order valence-electron chi connectivity index (χ0n) is 15.6. The van der Waals surface area contributed by atoms with Crippen molar-refractivity contribution in [3.63, 3.8) is 0 Å². The molecule has 0 aromatic rings. The molecule has 23 heavy (non-hydrogen) atoms. The topological polar surface area (TPSA) is 26.3 Å². The van der Waals surface area contributed by atoms with Crippen LogP contribution >= 0.6 is 0 Å². The summed E-state index contributed by atoms with van der Waals surface area (Å²) in [6, 6.07) is 0. The van der Waals surface area contributed by atoms with Gasteiger partial charge in [0, 0.05) is 12.3 Å². The van der Waals surface area contributed by atoms with Gasteiger partial charge in [0.25, 0.3) is 0 Å². The molecule has 0 aliphatic heterocycles. The Morgan fingerprint density at radius 1 is 1.09 bits per heavy atom. The predicted molar refractivity (Wildman–Crippen MR) is 95.8 cm³/mol. The molecule has 0 bridgehead atoms. The smallest absolute Gasteiger partial charge is 0.184 e. The Morgan fingerprint density at radius 3 is 2.35 bits per heavy atom. The Hall–Kier alpha value is -0.413. The van der Waals surface area contributed by atoms with Crippen molar-refractivity contribution in [1.82, 2.24) is 0 Å². The highest BCUT2D eigenvalue weighted by Gasteiger charge is 2.76. The Labute approximate surface area is 142 Å². The van der Waals surface area contributed by atoms with Crippen LogP contribution in [-0.4, -0.2) is 19.7 Å². The lowest BCUT2D eigenvalue weighted by molar-refractivity contribution is -0.157. The number of hydrogen-bond acceptors (Lipinski definition) is 2. The first kappa shape index (κ1) is 16.1. The number of ketones is 1. The summed E-state index contributed by atoms with van der Waals surface area (Å²) in [5.74, 6) is 1.05. The van der Waals surface area contributed by atoms with E-state index in [2.05, 4.69) is 33.5 Å². The normalized spacial score (nSPS) is 42.0.